The van der Waals surface area contributed by atoms with E-state index in [1.807, 2.05) is 13.8 Å². The molecule has 6 heteroatoms. The number of rotatable bonds is 2. The van der Waals surface area contributed by atoms with Gasteiger partial charge in [0.2, 0.25) is 0 Å². The van der Waals surface area contributed by atoms with Crippen molar-refractivity contribution in [2.45, 2.75) is 39.3 Å². The molecular weight excluding hydrogens is 237 g/mol. The number of nitrogens with one attached hydrogen (secondary N) is 1. The van der Waals surface area contributed by atoms with Crippen molar-refractivity contribution in [3.63, 3.8) is 0 Å². The van der Waals surface area contributed by atoms with E-state index in [-0.39, 0.29) is 16.4 Å². The Hall–Kier alpha value is -0.910. The van der Waals surface area contributed by atoms with E-state index in [0.717, 1.165) is 5.56 Å². The van der Waals surface area contributed by atoms with Crippen LogP contribution >= 0.6 is 12.2 Å². The highest BCUT2D eigenvalue weighted by molar-refractivity contribution is 7.71. The summed E-state index contributed by atoms with van der Waals surface area (Å²) in [6, 6.07) is 0. The lowest BCUT2D eigenvalue weighted by molar-refractivity contribution is -0.128. The van der Waals surface area contributed by atoms with E-state index in [4.69, 9.17) is 12.2 Å². The van der Waals surface area contributed by atoms with Crippen molar-refractivity contribution in [3.05, 3.63) is 21.7 Å². The molecule has 0 unspecified atom stereocenters. The number of nitrogens with zero attached hydrogens (tertiary/aromatic N) is 1. The molecule has 0 aliphatic rings. The number of alkyl halides is 3. The standard InChI is InChI=1S/C10H13F3N2S/c1-5(2)8-6(3)14-7(15-9(8)16)4-10(11,12)13/h5H,4H2,1-3H3,(H,14,15,16). The Balaban J connectivity index is 3.16. The van der Waals surface area contributed by atoms with Crippen LogP contribution in [0.4, 0.5) is 13.2 Å². The number of aromatic amines is 1. The molecule has 1 heterocycles. The van der Waals surface area contributed by atoms with Gasteiger partial charge in [-0.1, -0.05) is 26.1 Å². The average molecular weight is 250 g/mol. The van der Waals surface area contributed by atoms with Gasteiger partial charge in [0.1, 0.15) is 16.9 Å². The summed E-state index contributed by atoms with van der Waals surface area (Å²) in [5, 5.41) is 0. The van der Waals surface area contributed by atoms with Gasteiger partial charge in [0, 0.05) is 11.3 Å². The molecule has 0 amide bonds. The van der Waals surface area contributed by atoms with Crippen molar-refractivity contribution in [2.75, 3.05) is 0 Å². The first-order valence-corrected chi connectivity index (χ1v) is 5.28. The van der Waals surface area contributed by atoms with Crippen LogP contribution in [0.5, 0.6) is 0 Å². The van der Waals surface area contributed by atoms with Gasteiger partial charge in [0.15, 0.2) is 0 Å². The molecule has 0 bridgehead atoms. The molecule has 0 aliphatic carbocycles. The van der Waals surface area contributed by atoms with E-state index < -0.39 is 12.6 Å². The Morgan fingerprint density at radius 2 is 1.94 bits per heavy atom. The zero-order valence-corrected chi connectivity index (χ0v) is 10.1. The highest BCUT2D eigenvalue weighted by atomic mass is 32.1. The molecule has 1 N–H and O–H groups in total. The van der Waals surface area contributed by atoms with Gasteiger partial charge < -0.3 is 4.98 Å². The Kier molecular flexibility index (Phi) is 3.72. The fourth-order valence-electron chi connectivity index (χ4n) is 1.61. The lowest BCUT2D eigenvalue weighted by Crippen LogP contribution is -2.15. The normalized spacial score (nSPS) is 12.2. The summed E-state index contributed by atoms with van der Waals surface area (Å²) in [6.45, 7) is 5.57. The number of hydrogen-bond acceptors (Lipinski definition) is 2. The van der Waals surface area contributed by atoms with Gasteiger partial charge in [0.05, 0.1) is 0 Å². The molecule has 90 valence electrons. The highest BCUT2D eigenvalue weighted by Crippen LogP contribution is 2.22. The van der Waals surface area contributed by atoms with Crippen LogP contribution in [-0.4, -0.2) is 16.1 Å². The van der Waals surface area contributed by atoms with Crippen molar-refractivity contribution < 1.29 is 13.2 Å². The van der Waals surface area contributed by atoms with E-state index in [9.17, 15) is 13.2 Å². The number of hydrogen-bond donors (Lipinski definition) is 1. The minimum atomic E-state index is -4.27. The number of aryl methyl sites for hydroxylation is 1. The maximum Gasteiger partial charge on any atom is 0.396 e. The summed E-state index contributed by atoms with van der Waals surface area (Å²) in [4.78, 5) is 6.44. The predicted molar refractivity (Wildman–Crippen MR) is 58.0 cm³/mol. The second-order valence-electron chi connectivity index (χ2n) is 3.97. The summed E-state index contributed by atoms with van der Waals surface area (Å²) in [7, 11) is 0. The molecular formula is C10H13F3N2S. The molecule has 1 aromatic heterocycles. The third kappa shape index (κ3) is 3.30. The van der Waals surface area contributed by atoms with Crippen LogP contribution in [0, 0.1) is 11.6 Å². The predicted octanol–water partition coefficient (Wildman–Crippen LogP) is 3.68. The van der Waals surface area contributed by atoms with Crippen molar-refractivity contribution in [1.29, 1.82) is 0 Å². The molecule has 0 saturated carbocycles. The minimum absolute atomic E-state index is 0.126. The fraction of sp³-hybridized carbons (Fsp3) is 0.600. The molecule has 0 radical (unpaired) electrons. The van der Waals surface area contributed by atoms with E-state index >= 15 is 0 Å². The van der Waals surface area contributed by atoms with Gasteiger partial charge in [-0.3, -0.25) is 0 Å². The maximum atomic E-state index is 12.2. The average Bonchev–Trinajstić information content (AvgIpc) is 1.96. The third-order valence-corrected chi connectivity index (χ3v) is 2.46. The van der Waals surface area contributed by atoms with Crippen LogP contribution < -0.4 is 0 Å². The zero-order valence-electron chi connectivity index (χ0n) is 9.27. The zero-order chi connectivity index (χ0) is 12.5. The van der Waals surface area contributed by atoms with Gasteiger partial charge in [0.25, 0.3) is 0 Å². The summed E-state index contributed by atoms with van der Waals surface area (Å²) < 4.78 is 36.8. The van der Waals surface area contributed by atoms with Crippen LogP contribution in [0.1, 0.15) is 36.8 Å². The van der Waals surface area contributed by atoms with Crippen molar-refractivity contribution >= 4 is 12.2 Å². The van der Waals surface area contributed by atoms with Gasteiger partial charge >= 0.3 is 6.18 Å². The molecule has 0 fully saturated rings. The van der Waals surface area contributed by atoms with Crippen LogP contribution in [0.25, 0.3) is 0 Å². The molecule has 1 rings (SSSR count). The van der Waals surface area contributed by atoms with Crippen LogP contribution in [-0.2, 0) is 6.42 Å². The Labute approximate surface area is 96.9 Å². The summed E-state index contributed by atoms with van der Waals surface area (Å²) >= 11 is 4.99. The van der Waals surface area contributed by atoms with Crippen LogP contribution in [0.2, 0.25) is 0 Å². The minimum Gasteiger partial charge on any atom is -0.347 e. The smallest absolute Gasteiger partial charge is 0.347 e. The van der Waals surface area contributed by atoms with Crippen LogP contribution in [0.3, 0.4) is 0 Å². The quantitative estimate of drug-likeness (QED) is 0.811. The molecule has 0 saturated heterocycles. The molecule has 16 heavy (non-hydrogen) atoms. The van der Waals surface area contributed by atoms with Gasteiger partial charge in [-0.15, -0.1) is 0 Å². The maximum absolute atomic E-state index is 12.2. The first-order valence-electron chi connectivity index (χ1n) is 4.87. The summed E-state index contributed by atoms with van der Waals surface area (Å²) in [5.74, 6) is 0.0237. The highest BCUT2D eigenvalue weighted by Gasteiger charge is 2.29. The molecule has 0 aromatic carbocycles. The van der Waals surface area contributed by atoms with Crippen molar-refractivity contribution in [3.8, 4) is 0 Å². The lowest BCUT2D eigenvalue weighted by atomic mass is 10.0. The van der Waals surface area contributed by atoms with E-state index in [1.54, 1.807) is 6.92 Å². The van der Waals surface area contributed by atoms with E-state index in [2.05, 4.69) is 9.97 Å². The topological polar surface area (TPSA) is 28.7 Å². The fourth-order valence-corrected chi connectivity index (χ4v) is 2.11. The Morgan fingerprint density at radius 3 is 2.31 bits per heavy atom. The van der Waals surface area contributed by atoms with E-state index in [1.165, 1.54) is 0 Å². The third-order valence-electron chi connectivity index (χ3n) is 2.15. The van der Waals surface area contributed by atoms with Crippen molar-refractivity contribution in [1.82, 2.24) is 9.97 Å². The lowest BCUT2D eigenvalue weighted by Gasteiger charge is -2.12. The van der Waals surface area contributed by atoms with Gasteiger partial charge in [-0.25, -0.2) is 4.98 Å². The first-order chi connectivity index (χ1) is 7.20. The summed E-state index contributed by atoms with van der Waals surface area (Å²) in [6.07, 6.45) is -5.34. The van der Waals surface area contributed by atoms with E-state index in [0.29, 0.717) is 5.69 Å². The molecule has 0 spiro atoms. The Bertz CT molecular complexity index is 435. The molecule has 0 aliphatic heterocycles. The number of aromatic nitrogens is 2. The summed E-state index contributed by atoms with van der Waals surface area (Å²) in [5.41, 5.74) is 1.47. The molecule has 1 aromatic rings. The Morgan fingerprint density at radius 1 is 1.38 bits per heavy atom. The SMILES string of the molecule is Cc1[nH]c(CC(F)(F)F)nc(=S)c1C(C)C. The second kappa shape index (κ2) is 4.53. The molecule has 2 nitrogen and oxygen atoms in total. The first kappa shape index (κ1) is 13.2. The largest absolute Gasteiger partial charge is 0.396 e. The monoisotopic (exact) mass is 250 g/mol. The molecule has 0 atom stereocenters. The number of halogens is 3. The number of H-pyrrole nitrogens is 1. The second-order valence-corrected chi connectivity index (χ2v) is 4.36. The van der Waals surface area contributed by atoms with Crippen molar-refractivity contribution in [2.24, 2.45) is 0 Å². The van der Waals surface area contributed by atoms with Crippen LogP contribution in [0.15, 0.2) is 0 Å². The van der Waals surface area contributed by atoms with Gasteiger partial charge in [-0.2, -0.15) is 13.2 Å². The van der Waals surface area contributed by atoms with Gasteiger partial charge in [-0.05, 0) is 12.8 Å².